The Labute approximate surface area is 85.1 Å². The molecule has 0 amide bonds. The normalized spacial score (nSPS) is 10.8. The van der Waals surface area contributed by atoms with Crippen LogP contribution in [0.1, 0.15) is 25.0 Å². The second-order valence-electron chi connectivity index (χ2n) is 3.61. The van der Waals surface area contributed by atoms with E-state index in [-0.39, 0.29) is 0 Å². The summed E-state index contributed by atoms with van der Waals surface area (Å²) in [6, 6.07) is 6.53. The summed E-state index contributed by atoms with van der Waals surface area (Å²) in [7, 11) is 0. The van der Waals surface area contributed by atoms with Crippen LogP contribution in [0.25, 0.3) is 0 Å². The van der Waals surface area contributed by atoms with Gasteiger partial charge in [0.05, 0.1) is 0 Å². The zero-order valence-corrected chi connectivity index (χ0v) is 9.15. The zero-order valence-electron chi connectivity index (χ0n) is 8.39. The molecule has 1 N–H and O–H groups in total. The van der Waals surface area contributed by atoms with E-state index in [1.165, 1.54) is 11.1 Å². The summed E-state index contributed by atoms with van der Waals surface area (Å²) in [5.74, 6) is 0. The minimum absolute atomic E-state index is 0.523. The van der Waals surface area contributed by atoms with Crippen molar-refractivity contribution >= 4 is 11.6 Å². The van der Waals surface area contributed by atoms with E-state index in [1.807, 2.05) is 12.1 Å². The lowest BCUT2D eigenvalue weighted by atomic mass is 10.1. The third kappa shape index (κ3) is 3.37. The molecule has 1 rings (SSSR count). The lowest BCUT2D eigenvalue weighted by Crippen LogP contribution is -2.22. The lowest BCUT2D eigenvalue weighted by molar-refractivity contribution is 0.587. The smallest absolute Gasteiger partial charge is 0.0408 e. The fourth-order valence-electron chi connectivity index (χ4n) is 1.17. The van der Waals surface area contributed by atoms with E-state index in [0.29, 0.717) is 6.04 Å². The highest BCUT2D eigenvalue weighted by Gasteiger charge is 1.99. The maximum atomic E-state index is 5.86. The molecule has 0 bridgehead atoms. The number of halogens is 1. The van der Waals surface area contributed by atoms with Crippen LogP contribution in [0.5, 0.6) is 0 Å². The zero-order chi connectivity index (χ0) is 9.84. The molecule has 0 radical (unpaired) electrons. The quantitative estimate of drug-likeness (QED) is 0.785. The van der Waals surface area contributed by atoms with Gasteiger partial charge in [0, 0.05) is 17.6 Å². The van der Waals surface area contributed by atoms with Crippen molar-refractivity contribution in [1.82, 2.24) is 5.32 Å². The Morgan fingerprint density at radius 3 is 2.62 bits per heavy atom. The highest BCUT2D eigenvalue weighted by molar-refractivity contribution is 6.30. The predicted molar refractivity (Wildman–Crippen MR) is 58.2 cm³/mol. The first-order valence-electron chi connectivity index (χ1n) is 4.58. The van der Waals surface area contributed by atoms with E-state index in [9.17, 15) is 0 Å². The van der Waals surface area contributed by atoms with Gasteiger partial charge in [-0.1, -0.05) is 31.5 Å². The summed E-state index contributed by atoms with van der Waals surface area (Å²) in [5, 5.41) is 4.19. The topological polar surface area (TPSA) is 12.0 Å². The van der Waals surface area contributed by atoms with E-state index in [1.54, 1.807) is 0 Å². The second kappa shape index (κ2) is 4.64. The fourth-order valence-corrected chi connectivity index (χ4v) is 1.40. The molecule has 0 aromatic heterocycles. The molecule has 1 nitrogen and oxygen atoms in total. The van der Waals surface area contributed by atoms with Crippen molar-refractivity contribution in [2.45, 2.75) is 33.4 Å². The lowest BCUT2D eigenvalue weighted by Gasteiger charge is -2.10. The number of benzene rings is 1. The van der Waals surface area contributed by atoms with Gasteiger partial charge in [-0.05, 0) is 30.2 Å². The van der Waals surface area contributed by atoms with Crippen LogP contribution in [0.4, 0.5) is 0 Å². The molecule has 0 heterocycles. The Hall–Kier alpha value is -0.530. The van der Waals surface area contributed by atoms with Crippen LogP contribution < -0.4 is 5.32 Å². The Balaban J connectivity index is 2.67. The van der Waals surface area contributed by atoms with Crippen LogP contribution in [-0.4, -0.2) is 6.04 Å². The molecular weight excluding hydrogens is 182 g/mol. The standard InChI is InChI=1S/C11H16ClN/c1-8(2)13-7-10-4-5-11(12)6-9(10)3/h4-6,8,13H,7H2,1-3H3. The molecule has 0 atom stereocenters. The molecule has 0 saturated heterocycles. The van der Waals surface area contributed by atoms with E-state index in [2.05, 4.69) is 32.2 Å². The SMILES string of the molecule is Cc1cc(Cl)ccc1CNC(C)C. The Morgan fingerprint density at radius 1 is 1.38 bits per heavy atom. The van der Waals surface area contributed by atoms with Gasteiger partial charge in [0.2, 0.25) is 0 Å². The minimum atomic E-state index is 0.523. The first-order chi connectivity index (χ1) is 6.09. The predicted octanol–water partition coefficient (Wildman–Crippen LogP) is 3.15. The highest BCUT2D eigenvalue weighted by Crippen LogP contribution is 2.14. The van der Waals surface area contributed by atoms with Gasteiger partial charge >= 0.3 is 0 Å². The van der Waals surface area contributed by atoms with Gasteiger partial charge in [-0.2, -0.15) is 0 Å². The Morgan fingerprint density at radius 2 is 2.08 bits per heavy atom. The summed E-state index contributed by atoms with van der Waals surface area (Å²) in [5.41, 5.74) is 2.57. The average Bonchev–Trinajstić information content (AvgIpc) is 2.02. The molecular formula is C11H16ClN. The van der Waals surface area contributed by atoms with Gasteiger partial charge in [0.15, 0.2) is 0 Å². The molecule has 0 aliphatic heterocycles. The largest absolute Gasteiger partial charge is 0.310 e. The molecule has 0 fully saturated rings. The van der Waals surface area contributed by atoms with E-state index < -0.39 is 0 Å². The first-order valence-corrected chi connectivity index (χ1v) is 4.96. The Bertz CT molecular complexity index is 281. The van der Waals surface area contributed by atoms with Crippen LogP contribution in [-0.2, 0) is 6.54 Å². The molecule has 0 spiro atoms. The highest BCUT2D eigenvalue weighted by atomic mass is 35.5. The van der Waals surface area contributed by atoms with Crippen LogP contribution in [0.3, 0.4) is 0 Å². The van der Waals surface area contributed by atoms with Crippen molar-refractivity contribution in [1.29, 1.82) is 0 Å². The van der Waals surface area contributed by atoms with Crippen LogP contribution in [0.15, 0.2) is 18.2 Å². The number of nitrogens with one attached hydrogen (secondary N) is 1. The van der Waals surface area contributed by atoms with Crippen molar-refractivity contribution in [2.75, 3.05) is 0 Å². The molecule has 1 aromatic rings. The van der Waals surface area contributed by atoms with Crippen LogP contribution >= 0.6 is 11.6 Å². The molecule has 0 aliphatic rings. The summed E-state index contributed by atoms with van der Waals surface area (Å²) >= 11 is 5.86. The fraction of sp³-hybridized carbons (Fsp3) is 0.455. The van der Waals surface area contributed by atoms with Crippen molar-refractivity contribution in [3.63, 3.8) is 0 Å². The molecule has 0 aliphatic carbocycles. The third-order valence-corrected chi connectivity index (χ3v) is 2.24. The third-order valence-electron chi connectivity index (χ3n) is 2.01. The van der Waals surface area contributed by atoms with Crippen molar-refractivity contribution in [3.05, 3.63) is 34.3 Å². The van der Waals surface area contributed by atoms with Gasteiger partial charge in [-0.3, -0.25) is 0 Å². The van der Waals surface area contributed by atoms with Gasteiger partial charge in [0.1, 0.15) is 0 Å². The molecule has 2 heteroatoms. The molecule has 72 valence electrons. The number of hydrogen-bond acceptors (Lipinski definition) is 1. The average molecular weight is 198 g/mol. The van der Waals surface area contributed by atoms with Gasteiger partial charge in [0.25, 0.3) is 0 Å². The van der Waals surface area contributed by atoms with Crippen molar-refractivity contribution in [3.8, 4) is 0 Å². The summed E-state index contributed by atoms with van der Waals surface area (Å²) in [4.78, 5) is 0. The molecule has 0 unspecified atom stereocenters. The van der Waals surface area contributed by atoms with E-state index in [0.717, 1.165) is 11.6 Å². The number of hydrogen-bond donors (Lipinski definition) is 1. The van der Waals surface area contributed by atoms with Crippen molar-refractivity contribution in [2.24, 2.45) is 0 Å². The van der Waals surface area contributed by atoms with E-state index in [4.69, 9.17) is 11.6 Å². The second-order valence-corrected chi connectivity index (χ2v) is 4.04. The molecule has 0 saturated carbocycles. The monoisotopic (exact) mass is 197 g/mol. The minimum Gasteiger partial charge on any atom is -0.310 e. The van der Waals surface area contributed by atoms with Gasteiger partial charge < -0.3 is 5.32 Å². The van der Waals surface area contributed by atoms with Gasteiger partial charge in [-0.25, -0.2) is 0 Å². The first kappa shape index (κ1) is 10.6. The van der Waals surface area contributed by atoms with E-state index >= 15 is 0 Å². The number of rotatable bonds is 3. The van der Waals surface area contributed by atoms with Crippen LogP contribution in [0.2, 0.25) is 5.02 Å². The van der Waals surface area contributed by atoms with Crippen molar-refractivity contribution < 1.29 is 0 Å². The summed E-state index contributed by atoms with van der Waals surface area (Å²) in [6.45, 7) is 7.29. The summed E-state index contributed by atoms with van der Waals surface area (Å²) in [6.07, 6.45) is 0. The van der Waals surface area contributed by atoms with Crippen LogP contribution in [0, 0.1) is 6.92 Å². The maximum absolute atomic E-state index is 5.86. The molecule has 1 aromatic carbocycles. The molecule has 13 heavy (non-hydrogen) atoms. The van der Waals surface area contributed by atoms with Gasteiger partial charge in [-0.15, -0.1) is 0 Å². The maximum Gasteiger partial charge on any atom is 0.0408 e. The Kier molecular flexibility index (Phi) is 3.76. The number of aryl methyl sites for hydroxylation is 1. The summed E-state index contributed by atoms with van der Waals surface area (Å²) < 4.78 is 0.